The monoisotopic (exact) mass is 1290 g/mol. The molecular formula is C82H158NO8+. The minimum Gasteiger partial charge on any atom is -0.477 e. The van der Waals surface area contributed by atoms with Crippen molar-refractivity contribution in [1.82, 2.24) is 0 Å². The smallest absolute Gasteiger partial charge is 0.361 e. The first-order valence-electron chi connectivity index (χ1n) is 40.5. The van der Waals surface area contributed by atoms with Crippen molar-refractivity contribution in [1.29, 1.82) is 0 Å². The van der Waals surface area contributed by atoms with Crippen LogP contribution in [0.2, 0.25) is 0 Å². The summed E-state index contributed by atoms with van der Waals surface area (Å²) >= 11 is 0. The number of rotatable bonds is 77. The van der Waals surface area contributed by atoms with Crippen LogP contribution in [-0.2, 0) is 33.3 Å². The zero-order valence-electron chi connectivity index (χ0n) is 61.8. The van der Waals surface area contributed by atoms with Gasteiger partial charge in [0.1, 0.15) is 13.2 Å². The van der Waals surface area contributed by atoms with Crippen molar-refractivity contribution in [2.75, 3.05) is 47.5 Å². The highest BCUT2D eigenvalue weighted by molar-refractivity contribution is 5.71. The van der Waals surface area contributed by atoms with E-state index in [4.69, 9.17) is 18.9 Å². The maximum Gasteiger partial charge on any atom is 0.361 e. The van der Waals surface area contributed by atoms with Gasteiger partial charge in [0.2, 0.25) is 0 Å². The second-order valence-electron chi connectivity index (χ2n) is 29.1. The fraction of sp³-hybridized carbons (Fsp3) is 0.915. The van der Waals surface area contributed by atoms with Gasteiger partial charge in [-0.25, -0.2) is 4.79 Å². The lowest BCUT2D eigenvalue weighted by Crippen LogP contribution is -2.40. The van der Waals surface area contributed by atoms with Gasteiger partial charge in [-0.15, -0.1) is 0 Å². The van der Waals surface area contributed by atoms with Crippen LogP contribution in [0.5, 0.6) is 0 Å². The Bertz CT molecular complexity index is 1540. The van der Waals surface area contributed by atoms with Crippen LogP contribution in [-0.4, -0.2) is 87.4 Å². The quantitative estimate of drug-likeness (QED) is 0.0211. The fourth-order valence-electron chi connectivity index (χ4n) is 12.5. The number of likely N-dealkylation sites (N-methyl/N-ethyl adjacent to an activating group) is 1. The average molecular weight is 1290 g/mol. The first kappa shape index (κ1) is 88.8. The zero-order valence-corrected chi connectivity index (χ0v) is 61.8. The van der Waals surface area contributed by atoms with Crippen molar-refractivity contribution in [3.05, 3.63) is 24.3 Å². The van der Waals surface area contributed by atoms with E-state index in [-0.39, 0.29) is 38.2 Å². The summed E-state index contributed by atoms with van der Waals surface area (Å²) in [5.74, 6) is -1.97. The summed E-state index contributed by atoms with van der Waals surface area (Å²) in [5.41, 5.74) is 0. The van der Waals surface area contributed by atoms with E-state index in [0.717, 1.165) is 38.5 Å². The molecule has 0 aliphatic heterocycles. The topological polar surface area (TPSA) is 108 Å². The molecule has 9 nitrogen and oxygen atoms in total. The van der Waals surface area contributed by atoms with E-state index >= 15 is 0 Å². The number of carbonyl (C=O) groups excluding carboxylic acids is 2. The molecule has 0 radical (unpaired) electrons. The first-order valence-corrected chi connectivity index (χ1v) is 40.5. The molecule has 9 heteroatoms. The summed E-state index contributed by atoms with van der Waals surface area (Å²) in [6, 6.07) is 0. The molecule has 0 amide bonds. The summed E-state index contributed by atoms with van der Waals surface area (Å²) < 4.78 is 23.1. The van der Waals surface area contributed by atoms with E-state index in [9.17, 15) is 19.5 Å². The molecule has 0 rings (SSSR count). The molecule has 2 unspecified atom stereocenters. The van der Waals surface area contributed by atoms with Crippen LogP contribution < -0.4 is 0 Å². The Hall–Kier alpha value is -2.23. The predicted molar refractivity (Wildman–Crippen MR) is 392 cm³/mol. The maximum atomic E-state index is 13.0. The van der Waals surface area contributed by atoms with Crippen LogP contribution in [0.1, 0.15) is 425 Å². The lowest BCUT2D eigenvalue weighted by atomic mass is 10.0. The molecule has 0 saturated carbocycles. The van der Waals surface area contributed by atoms with Gasteiger partial charge in [-0.1, -0.05) is 372 Å². The molecule has 0 heterocycles. The third kappa shape index (κ3) is 75.0. The van der Waals surface area contributed by atoms with Gasteiger partial charge in [0.15, 0.2) is 6.10 Å². The molecule has 1 N–H and O–H groups in total. The van der Waals surface area contributed by atoms with E-state index in [1.54, 1.807) is 0 Å². The molecular weight excluding hydrogens is 1130 g/mol. The summed E-state index contributed by atoms with van der Waals surface area (Å²) in [5, 5.41) is 9.77. The maximum absolute atomic E-state index is 13.0. The molecule has 0 fully saturated rings. The SMILES string of the molecule is CCCCCCCCCC/C=C\CCCCCCCCCCCCCCCCCCCCCCCCCCCC(=O)OC(COC(=O)CCCCCCCCCCCCCCCCCCC/C=C\CCCCCCCCCC)COC(OCC[N+](C)(C)C)C(=O)O. The number of hydrogen-bond donors (Lipinski definition) is 1. The molecule has 0 aromatic heterocycles. The lowest BCUT2D eigenvalue weighted by molar-refractivity contribution is -0.870. The molecule has 2 atom stereocenters. The third-order valence-electron chi connectivity index (χ3n) is 18.7. The van der Waals surface area contributed by atoms with Gasteiger partial charge in [-0.3, -0.25) is 9.59 Å². The normalized spacial score (nSPS) is 12.7. The standard InChI is InChI=1S/C82H157NO8/c1-6-8-10-12-14-16-18-20-22-24-26-28-30-32-34-36-37-38-39-40-41-42-43-45-47-49-51-53-55-57-59-61-63-65-67-69-71-73-80(85)91-78(77-90-82(81(86)87)88-75-74-83(3,4)5)76-89-79(84)72-70-68-66-64-62-60-58-56-54-52-50-48-46-44-35-33-31-29-27-25-23-21-19-17-15-13-11-9-7-2/h24-27,78,82H,6-23,28-77H2,1-5H3/p+1/b26-24-,27-25-. The van der Waals surface area contributed by atoms with Gasteiger partial charge in [0.25, 0.3) is 6.29 Å². The molecule has 91 heavy (non-hydrogen) atoms. The van der Waals surface area contributed by atoms with Crippen LogP contribution in [0.25, 0.3) is 0 Å². The Morgan fingerprint density at radius 3 is 0.813 bits per heavy atom. The largest absolute Gasteiger partial charge is 0.477 e. The summed E-state index contributed by atoms with van der Waals surface area (Å²) in [4.78, 5) is 37.7. The number of nitrogens with zero attached hydrogens (tertiary/aromatic N) is 1. The number of ether oxygens (including phenoxy) is 4. The number of hydrogen-bond acceptors (Lipinski definition) is 7. The van der Waals surface area contributed by atoms with E-state index in [2.05, 4.69) is 38.2 Å². The van der Waals surface area contributed by atoms with Gasteiger partial charge in [0, 0.05) is 12.8 Å². The lowest BCUT2D eigenvalue weighted by Gasteiger charge is -2.25. The Kier molecular flexibility index (Phi) is 71.8. The van der Waals surface area contributed by atoms with Crippen LogP contribution in [0, 0.1) is 0 Å². The number of aliphatic carboxylic acids is 1. The van der Waals surface area contributed by atoms with E-state index < -0.39 is 18.4 Å². The minimum atomic E-state index is -1.51. The molecule has 0 spiro atoms. The van der Waals surface area contributed by atoms with Gasteiger partial charge < -0.3 is 28.5 Å². The Balaban J connectivity index is 3.95. The van der Waals surface area contributed by atoms with Gasteiger partial charge in [-0.05, 0) is 64.2 Å². The molecule has 0 aromatic carbocycles. The Labute approximate surface area is 567 Å². The molecule has 0 bridgehead atoms. The predicted octanol–water partition coefficient (Wildman–Crippen LogP) is 25.7. The molecule has 0 aliphatic carbocycles. The third-order valence-corrected chi connectivity index (χ3v) is 18.7. The second-order valence-corrected chi connectivity index (χ2v) is 29.1. The summed E-state index contributed by atoms with van der Waals surface area (Å²) in [6.07, 6.45) is 90.6. The van der Waals surface area contributed by atoms with Crippen molar-refractivity contribution in [3.63, 3.8) is 0 Å². The molecule has 538 valence electrons. The highest BCUT2D eigenvalue weighted by Crippen LogP contribution is 2.20. The number of carbonyl (C=O) groups is 3. The fourth-order valence-corrected chi connectivity index (χ4v) is 12.5. The summed E-state index contributed by atoms with van der Waals surface area (Å²) in [6.45, 7) is 4.96. The number of carboxylic acids is 1. The Morgan fingerprint density at radius 1 is 0.319 bits per heavy atom. The average Bonchev–Trinajstić information content (AvgIpc) is 3.50. The van der Waals surface area contributed by atoms with Crippen LogP contribution in [0.4, 0.5) is 0 Å². The highest BCUT2D eigenvalue weighted by Gasteiger charge is 2.25. The number of esters is 2. The van der Waals surface area contributed by atoms with Crippen LogP contribution >= 0.6 is 0 Å². The molecule has 0 aromatic rings. The minimum absolute atomic E-state index is 0.174. The molecule has 0 aliphatic rings. The number of unbranched alkanes of at least 4 members (excludes halogenated alkanes) is 58. The van der Waals surface area contributed by atoms with Crippen molar-refractivity contribution < 1.29 is 42.9 Å². The second kappa shape index (κ2) is 73.6. The number of carboxylic acid groups (broad SMARTS) is 1. The van der Waals surface area contributed by atoms with Gasteiger partial charge in [-0.2, -0.15) is 0 Å². The van der Waals surface area contributed by atoms with E-state index in [0.29, 0.717) is 17.4 Å². The van der Waals surface area contributed by atoms with Crippen LogP contribution in [0.15, 0.2) is 24.3 Å². The van der Waals surface area contributed by atoms with Gasteiger partial charge >= 0.3 is 17.9 Å². The van der Waals surface area contributed by atoms with E-state index in [1.807, 2.05) is 21.1 Å². The van der Waals surface area contributed by atoms with Crippen molar-refractivity contribution in [2.24, 2.45) is 0 Å². The van der Waals surface area contributed by atoms with Crippen molar-refractivity contribution in [2.45, 2.75) is 437 Å². The van der Waals surface area contributed by atoms with Crippen molar-refractivity contribution in [3.8, 4) is 0 Å². The van der Waals surface area contributed by atoms with E-state index in [1.165, 1.54) is 360 Å². The first-order chi connectivity index (χ1) is 44.6. The van der Waals surface area contributed by atoms with Crippen molar-refractivity contribution >= 4 is 17.9 Å². The Morgan fingerprint density at radius 2 is 0.560 bits per heavy atom. The van der Waals surface area contributed by atoms with Crippen LogP contribution in [0.3, 0.4) is 0 Å². The zero-order chi connectivity index (χ0) is 66.1. The highest BCUT2D eigenvalue weighted by atomic mass is 16.7. The van der Waals surface area contributed by atoms with Gasteiger partial charge in [0.05, 0.1) is 34.4 Å². The molecule has 0 saturated heterocycles. The number of quaternary nitrogens is 1. The summed E-state index contributed by atoms with van der Waals surface area (Å²) in [7, 11) is 6.00. The number of allylic oxidation sites excluding steroid dienone is 4.